The van der Waals surface area contributed by atoms with Crippen molar-refractivity contribution in [1.82, 2.24) is 9.80 Å². The van der Waals surface area contributed by atoms with Gasteiger partial charge in [-0.05, 0) is 24.5 Å². The van der Waals surface area contributed by atoms with E-state index in [4.69, 9.17) is 16.3 Å². The highest BCUT2D eigenvalue weighted by molar-refractivity contribution is 6.32. The van der Waals surface area contributed by atoms with Crippen molar-refractivity contribution < 1.29 is 23.9 Å². The van der Waals surface area contributed by atoms with Gasteiger partial charge in [-0.1, -0.05) is 29.8 Å². The van der Waals surface area contributed by atoms with Crippen LogP contribution in [0.25, 0.3) is 0 Å². The second-order valence-corrected chi connectivity index (χ2v) is 7.35. The summed E-state index contributed by atoms with van der Waals surface area (Å²) in [6, 6.07) is 6.08. The number of likely N-dealkylation sites (N-methyl/N-ethyl adjacent to an activating group) is 1. The number of nitrogens with zero attached hydrogens (tertiary/aromatic N) is 2. The van der Waals surface area contributed by atoms with Gasteiger partial charge >= 0.3 is 5.97 Å². The van der Waals surface area contributed by atoms with Crippen LogP contribution in [-0.2, 0) is 29.3 Å². The van der Waals surface area contributed by atoms with Crippen LogP contribution in [0.15, 0.2) is 24.3 Å². The van der Waals surface area contributed by atoms with E-state index in [-0.39, 0.29) is 24.7 Å². The number of benzene rings is 1. The third kappa shape index (κ3) is 3.20. The summed E-state index contributed by atoms with van der Waals surface area (Å²) in [5.74, 6) is -1.65. The van der Waals surface area contributed by atoms with Crippen molar-refractivity contribution in [1.29, 1.82) is 0 Å². The summed E-state index contributed by atoms with van der Waals surface area (Å²) in [6.07, 6.45) is 0.843. The maximum Gasteiger partial charge on any atom is 0.328 e. The zero-order valence-corrected chi connectivity index (χ0v) is 16.0. The number of halogens is 1. The molecule has 27 heavy (non-hydrogen) atoms. The molecule has 0 N–H and O–H groups in total. The van der Waals surface area contributed by atoms with E-state index in [0.717, 1.165) is 4.90 Å². The highest BCUT2D eigenvalue weighted by Gasteiger charge is 2.54. The molecule has 1 aromatic rings. The Bertz CT molecular complexity index is 811. The molecule has 7 nitrogen and oxygen atoms in total. The first-order valence-corrected chi connectivity index (χ1v) is 9.13. The minimum absolute atomic E-state index is 0.130. The monoisotopic (exact) mass is 392 g/mol. The number of ether oxygens (including phenoxy) is 1. The van der Waals surface area contributed by atoms with Crippen LogP contribution in [0, 0.1) is 0 Å². The Labute approximate surface area is 162 Å². The van der Waals surface area contributed by atoms with Gasteiger partial charge in [0.15, 0.2) is 0 Å². The molecule has 2 aliphatic heterocycles. The summed E-state index contributed by atoms with van der Waals surface area (Å²) in [6.45, 7) is 0.412. The quantitative estimate of drug-likeness (QED) is 0.573. The largest absolute Gasteiger partial charge is 0.467 e. The minimum Gasteiger partial charge on any atom is -0.467 e. The van der Waals surface area contributed by atoms with Gasteiger partial charge in [-0.3, -0.25) is 19.3 Å². The van der Waals surface area contributed by atoms with Gasteiger partial charge < -0.3 is 9.64 Å². The fourth-order valence-corrected chi connectivity index (χ4v) is 4.30. The topological polar surface area (TPSA) is 84.0 Å². The van der Waals surface area contributed by atoms with Gasteiger partial charge in [0.25, 0.3) is 0 Å². The highest BCUT2D eigenvalue weighted by Crippen LogP contribution is 2.43. The first kappa shape index (κ1) is 19.4. The van der Waals surface area contributed by atoms with Gasteiger partial charge in [0.2, 0.25) is 17.7 Å². The van der Waals surface area contributed by atoms with Crippen LogP contribution in [0.1, 0.15) is 31.2 Å². The van der Waals surface area contributed by atoms with E-state index in [1.54, 1.807) is 24.3 Å². The molecule has 2 saturated heterocycles. The molecule has 0 aromatic heterocycles. The van der Waals surface area contributed by atoms with E-state index in [1.165, 1.54) is 19.1 Å². The molecule has 0 aliphatic carbocycles. The maximum absolute atomic E-state index is 13.1. The Kier molecular flexibility index (Phi) is 5.24. The molecule has 0 saturated carbocycles. The fourth-order valence-electron chi connectivity index (χ4n) is 3.99. The predicted molar refractivity (Wildman–Crippen MR) is 96.9 cm³/mol. The van der Waals surface area contributed by atoms with Crippen molar-refractivity contribution in [3.8, 4) is 0 Å². The SMILES string of the molecule is COC(=O)[C@@H]1CCCN1C(=O)CC1(c2ccccc2Cl)CC(=O)N(C)C1=O. The van der Waals surface area contributed by atoms with E-state index in [9.17, 15) is 19.2 Å². The standard InChI is InChI=1S/C19H21ClN2O5/c1-21-15(23)10-19(18(21)26,12-6-3-4-7-13(12)20)11-16(24)22-9-5-8-14(22)17(25)27-2/h3-4,6-7,14H,5,8-11H2,1-2H3/t14-,19?/m0/s1. The van der Waals surface area contributed by atoms with Crippen LogP contribution in [0.3, 0.4) is 0 Å². The first-order valence-electron chi connectivity index (χ1n) is 8.75. The third-order valence-electron chi connectivity index (χ3n) is 5.43. The number of rotatable bonds is 4. The maximum atomic E-state index is 13.1. The van der Waals surface area contributed by atoms with Crippen LogP contribution in [0.4, 0.5) is 0 Å². The lowest BCUT2D eigenvalue weighted by atomic mass is 9.75. The molecule has 2 atom stereocenters. The summed E-state index contributed by atoms with van der Waals surface area (Å²) in [4.78, 5) is 52.8. The van der Waals surface area contributed by atoms with E-state index in [2.05, 4.69) is 0 Å². The summed E-state index contributed by atoms with van der Waals surface area (Å²) < 4.78 is 4.79. The molecule has 2 aliphatic rings. The lowest BCUT2D eigenvalue weighted by Crippen LogP contribution is -2.46. The molecule has 3 amide bonds. The molecule has 1 aromatic carbocycles. The van der Waals surface area contributed by atoms with Crippen molar-refractivity contribution >= 4 is 35.3 Å². The van der Waals surface area contributed by atoms with Crippen molar-refractivity contribution in [2.75, 3.05) is 20.7 Å². The van der Waals surface area contributed by atoms with Gasteiger partial charge in [-0.2, -0.15) is 0 Å². The molecule has 0 spiro atoms. The summed E-state index contributed by atoms with van der Waals surface area (Å²) in [7, 11) is 2.68. The molecular formula is C19H21ClN2O5. The summed E-state index contributed by atoms with van der Waals surface area (Å²) in [5, 5.41) is 0.327. The van der Waals surface area contributed by atoms with E-state index in [0.29, 0.717) is 30.0 Å². The van der Waals surface area contributed by atoms with E-state index < -0.39 is 23.3 Å². The Morgan fingerprint density at radius 3 is 2.59 bits per heavy atom. The van der Waals surface area contributed by atoms with E-state index >= 15 is 0 Å². The number of likely N-dealkylation sites (tertiary alicyclic amines) is 2. The molecule has 3 rings (SSSR count). The lowest BCUT2D eigenvalue weighted by Gasteiger charge is -2.31. The summed E-state index contributed by atoms with van der Waals surface area (Å²) >= 11 is 6.32. The smallest absolute Gasteiger partial charge is 0.328 e. The Balaban J connectivity index is 1.97. The predicted octanol–water partition coefficient (Wildman–Crippen LogP) is 1.52. The average molecular weight is 393 g/mol. The number of carbonyl (C=O) groups is 4. The number of methoxy groups -OCH3 is 1. The van der Waals surface area contributed by atoms with Gasteiger partial charge in [-0.25, -0.2) is 4.79 Å². The third-order valence-corrected chi connectivity index (χ3v) is 5.76. The van der Waals surface area contributed by atoms with Crippen molar-refractivity contribution in [3.05, 3.63) is 34.9 Å². The Hall–Kier alpha value is -2.41. The molecule has 144 valence electrons. The van der Waals surface area contributed by atoms with Gasteiger partial charge in [-0.15, -0.1) is 0 Å². The van der Waals surface area contributed by atoms with Gasteiger partial charge in [0.05, 0.1) is 12.5 Å². The zero-order chi connectivity index (χ0) is 19.8. The fraction of sp³-hybridized carbons (Fsp3) is 0.474. The molecule has 0 bridgehead atoms. The number of hydrogen-bond acceptors (Lipinski definition) is 5. The molecule has 0 radical (unpaired) electrons. The van der Waals surface area contributed by atoms with Crippen LogP contribution < -0.4 is 0 Å². The number of carbonyl (C=O) groups excluding carboxylic acids is 4. The highest BCUT2D eigenvalue weighted by atomic mass is 35.5. The second kappa shape index (κ2) is 7.31. The molecule has 2 fully saturated rings. The molecule has 1 unspecified atom stereocenters. The molecular weight excluding hydrogens is 372 g/mol. The van der Waals surface area contributed by atoms with Crippen molar-refractivity contribution in [2.45, 2.75) is 37.1 Å². The number of amides is 3. The first-order chi connectivity index (χ1) is 12.8. The van der Waals surface area contributed by atoms with Crippen molar-refractivity contribution in [2.24, 2.45) is 0 Å². The van der Waals surface area contributed by atoms with Gasteiger partial charge in [0, 0.05) is 31.5 Å². The second-order valence-electron chi connectivity index (χ2n) is 6.94. The lowest BCUT2D eigenvalue weighted by molar-refractivity contribution is -0.151. The van der Waals surface area contributed by atoms with Crippen LogP contribution in [0.2, 0.25) is 5.02 Å². The van der Waals surface area contributed by atoms with Crippen LogP contribution in [-0.4, -0.2) is 60.2 Å². The normalized spacial score (nSPS) is 25.2. The van der Waals surface area contributed by atoms with Crippen LogP contribution in [0.5, 0.6) is 0 Å². The average Bonchev–Trinajstić information content (AvgIpc) is 3.22. The Morgan fingerprint density at radius 2 is 2.00 bits per heavy atom. The molecule has 2 heterocycles. The van der Waals surface area contributed by atoms with E-state index in [1.807, 2.05) is 0 Å². The number of esters is 1. The number of imide groups is 1. The van der Waals surface area contributed by atoms with Crippen LogP contribution >= 0.6 is 11.6 Å². The summed E-state index contributed by atoms with van der Waals surface area (Å²) in [5.41, 5.74) is -0.902. The zero-order valence-electron chi connectivity index (χ0n) is 15.2. The van der Waals surface area contributed by atoms with Gasteiger partial charge in [0.1, 0.15) is 6.04 Å². The number of hydrogen-bond donors (Lipinski definition) is 0. The van der Waals surface area contributed by atoms with Crippen molar-refractivity contribution in [3.63, 3.8) is 0 Å². The Morgan fingerprint density at radius 1 is 1.30 bits per heavy atom. The minimum atomic E-state index is -1.36. The molecule has 8 heteroatoms.